The van der Waals surface area contributed by atoms with E-state index in [4.69, 9.17) is 27.9 Å². The molecule has 0 bridgehead atoms. The number of hydrogen-bond acceptors (Lipinski definition) is 4. The van der Waals surface area contributed by atoms with Crippen LogP contribution < -0.4 is 5.32 Å². The van der Waals surface area contributed by atoms with E-state index < -0.39 is 17.9 Å². The van der Waals surface area contributed by atoms with E-state index in [2.05, 4.69) is 5.32 Å². The number of rotatable bonds is 8. The highest BCUT2D eigenvalue weighted by Gasteiger charge is 2.30. The number of carbonyl (C=O) groups excluding carboxylic acids is 2. The Hall–Kier alpha value is -2.34. The standard InChI is InChI=1S/C24H23Cl2NO3S/c1-3-30-24(29)19(13-17-14-20(25)31-22(17)26)27-23(28)21(16-10-5-4-6-11-16)18-12-8-7-9-15(18)2/h4-12,14,19,21H,3,13H2,1-2H3,(H,27,28). The van der Waals surface area contributed by atoms with Crippen LogP contribution in [0.2, 0.25) is 8.67 Å². The molecule has 0 radical (unpaired) electrons. The van der Waals surface area contributed by atoms with E-state index in [1.807, 2.05) is 61.5 Å². The lowest BCUT2D eigenvalue weighted by Crippen LogP contribution is -2.45. The molecular formula is C24H23Cl2NO3S. The number of halogens is 2. The first kappa shape index (κ1) is 23.3. The second-order valence-electron chi connectivity index (χ2n) is 7.07. The van der Waals surface area contributed by atoms with Gasteiger partial charge in [-0.2, -0.15) is 0 Å². The normalized spacial score (nSPS) is 12.8. The molecule has 0 aliphatic carbocycles. The first-order valence-electron chi connectivity index (χ1n) is 9.91. The Kier molecular flexibility index (Phi) is 8.13. The van der Waals surface area contributed by atoms with Crippen LogP contribution in [0, 0.1) is 6.92 Å². The molecule has 162 valence electrons. The molecule has 0 fully saturated rings. The first-order chi connectivity index (χ1) is 14.9. The van der Waals surface area contributed by atoms with Crippen molar-refractivity contribution in [3.8, 4) is 0 Å². The summed E-state index contributed by atoms with van der Waals surface area (Å²) in [5.41, 5.74) is 3.41. The van der Waals surface area contributed by atoms with Crippen LogP contribution in [0.3, 0.4) is 0 Å². The number of carbonyl (C=O) groups is 2. The van der Waals surface area contributed by atoms with Crippen molar-refractivity contribution in [2.24, 2.45) is 0 Å². The number of amides is 1. The van der Waals surface area contributed by atoms with Gasteiger partial charge in [-0.3, -0.25) is 4.79 Å². The highest BCUT2D eigenvalue weighted by molar-refractivity contribution is 7.20. The minimum atomic E-state index is -0.883. The van der Waals surface area contributed by atoms with Crippen LogP contribution in [-0.4, -0.2) is 24.5 Å². The van der Waals surface area contributed by atoms with Crippen molar-refractivity contribution in [3.05, 3.63) is 91.6 Å². The summed E-state index contributed by atoms with van der Waals surface area (Å²) in [4.78, 5) is 26.2. The number of esters is 1. The van der Waals surface area contributed by atoms with E-state index in [1.54, 1.807) is 13.0 Å². The summed E-state index contributed by atoms with van der Waals surface area (Å²) in [5, 5.41) is 2.90. The fourth-order valence-electron chi connectivity index (χ4n) is 3.45. The number of thiophene rings is 1. The number of hydrogen-bond donors (Lipinski definition) is 1. The van der Waals surface area contributed by atoms with E-state index in [0.717, 1.165) is 16.7 Å². The average Bonchev–Trinajstić information content (AvgIpc) is 3.07. The number of nitrogens with one attached hydrogen (secondary N) is 1. The third kappa shape index (κ3) is 5.88. The van der Waals surface area contributed by atoms with Crippen LogP contribution in [0.4, 0.5) is 0 Å². The Balaban J connectivity index is 1.93. The highest BCUT2D eigenvalue weighted by atomic mass is 35.5. The lowest BCUT2D eigenvalue weighted by molar-refractivity contribution is -0.147. The Morgan fingerprint density at radius 3 is 2.35 bits per heavy atom. The molecule has 2 unspecified atom stereocenters. The van der Waals surface area contributed by atoms with Crippen molar-refractivity contribution < 1.29 is 14.3 Å². The first-order valence-corrected chi connectivity index (χ1v) is 11.5. The summed E-state index contributed by atoms with van der Waals surface area (Å²) < 4.78 is 6.23. The third-order valence-electron chi connectivity index (χ3n) is 4.93. The molecule has 1 heterocycles. The van der Waals surface area contributed by atoms with Crippen LogP contribution in [0.5, 0.6) is 0 Å². The molecule has 7 heteroatoms. The topological polar surface area (TPSA) is 55.4 Å². The monoisotopic (exact) mass is 475 g/mol. The number of ether oxygens (including phenoxy) is 1. The lowest BCUT2D eigenvalue weighted by Gasteiger charge is -2.23. The van der Waals surface area contributed by atoms with Gasteiger partial charge in [0.15, 0.2) is 0 Å². The van der Waals surface area contributed by atoms with Crippen molar-refractivity contribution in [2.75, 3.05) is 6.61 Å². The largest absolute Gasteiger partial charge is 0.464 e. The van der Waals surface area contributed by atoms with Gasteiger partial charge in [-0.25, -0.2) is 4.79 Å². The molecule has 0 spiro atoms. The van der Waals surface area contributed by atoms with Gasteiger partial charge in [-0.15, -0.1) is 11.3 Å². The molecule has 1 aromatic heterocycles. The van der Waals surface area contributed by atoms with Crippen molar-refractivity contribution in [2.45, 2.75) is 32.2 Å². The van der Waals surface area contributed by atoms with Gasteiger partial charge in [-0.1, -0.05) is 77.8 Å². The fraction of sp³-hybridized carbons (Fsp3) is 0.250. The van der Waals surface area contributed by atoms with Crippen molar-refractivity contribution in [1.82, 2.24) is 5.32 Å². The molecule has 0 saturated carbocycles. The third-order valence-corrected chi connectivity index (χ3v) is 6.50. The maximum Gasteiger partial charge on any atom is 0.328 e. The van der Waals surface area contributed by atoms with Crippen LogP contribution in [0.15, 0.2) is 60.7 Å². The van der Waals surface area contributed by atoms with Gasteiger partial charge in [0.25, 0.3) is 0 Å². The second-order valence-corrected chi connectivity index (χ2v) is 9.35. The molecule has 3 rings (SSSR count). The van der Waals surface area contributed by atoms with E-state index in [-0.39, 0.29) is 18.9 Å². The van der Waals surface area contributed by atoms with Gasteiger partial charge >= 0.3 is 5.97 Å². The van der Waals surface area contributed by atoms with Gasteiger partial charge in [0.1, 0.15) is 6.04 Å². The molecule has 0 saturated heterocycles. The summed E-state index contributed by atoms with van der Waals surface area (Å²) >= 11 is 13.5. The Morgan fingerprint density at radius 2 is 1.74 bits per heavy atom. The van der Waals surface area contributed by atoms with Gasteiger partial charge < -0.3 is 10.1 Å². The lowest BCUT2D eigenvalue weighted by atomic mass is 9.87. The number of aryl methyl sites for hydroxylation is 1. The van der Waals surface area contributed by atoms with Gasteiger partial charge in [0.05, 0.1) is 21.2 Å². The molecule has 2 aromatic carbocycles. The SMILES string of the molecule is CCOC(=O)C(Cc1cc(Cl)sc1Cl)NC(=O)C(c1ccccc1)c1ccccc1C. The molecular weight excluding hydrogens is 453 g/mol. The molecule has 2 atom stereocenters. The zero-order chi connectivity index (χ0) is 22.4. The van der Waals surface area contributed by atoms with Crippen LogP contribution in [-0.2, 0) is 20.7 Å². The van der Waals surface area contributed by atoms with Crippen molar-refractivity contribution >= 4 is 46.4 Å². The van der Waals surface area contributed by atoms with Gasteiger partial charge in [0, 0.05) is 6.42 Å². The fourth-order valence-corrected chi connectivity index (χ4v) is 4.96. The molecule has 1 amide bonds. The van der Waals surface area contributed by atoms with E-state index in [9.17, 15) is 9.59 Å². The van der Waals surface area contributed by atoms with Crippen molar-refractivity contribution in [1.29, 1.82) is 0 Å². The van der Waals surface area contributed by atoms with Crippen molar-refractivity contribution in [3.63, 3.8) is 0 Å². The molecule has 1 N–H and O–H groups in total. The quantitative estimate of drug-likeness (QED) is 0.419. The summed E-state index contributed by atoms with van der Waals surface area (Å²) in [6.45, 7) is 3.91. The van der Waals surface area contributed by atoms with Crippen LogP contribution >= 0.6 is 34.5 Å². The van der Waals surface area contributed by atoms with Crippen LogP contribution in [0.1, 0.15) is 35.1 Å². The zero-order valence-corrected chi connectivity index (χ0v) is 19.6. The Labute approximate surface area is 196 Å². The smallest absolute Gasteiger partial charge is 0.328 e. The maximum atomic E-state index is 13.5. The molecule has 31 heavy (non-hydrogen) atoms. The maximum absolute atomic E-state index is 13.5. The van der Waals surface area contributed by atoms with E-state index >= 15 is 0 Å². The highest BCUT2D eigenvalue weighted by Crippen LogP contribution is 2.32. The average molecular weight is 476 g/mol. The van der Waals surface area contributed by atoms with Gasteiger partial charge in [-0.05, 0) is 42.2 Å². The zero-order valence-electron chi connectivity index (χ0n) is 17.2. The number of benzene rings is 2. The van der Waals surface area contributed by atoms with E-state index in [0.29, 0.717) is 14.2 Å². The minimum absolute atomic E-state index is 0.196. The predicted octanol–water partition coefficient (Wildman–Crippen LogP) is 5.79. The summed E-state index contributed by atoms with van der Waals surface area (Å²) in [7, 11) is 0. The minimum Gasteiger partial charge on any atom is -0.464 e. The summed E-state index contributed by atoms with van der Waals surface area (Å²) in [6.07, 6.45) is 0.196. The van der Waals surface area contributed by atoms with E-state index in [1.165, 1.54) is 11.3 Å². The Bertz CT molecular complexity index is 1050. The summed E-state index contributed by atoms with van der Waals surface area (Å²) in [6, 6.07) is 18.1. The molecule has 3 aromatic rings. The van der Waals surface area contributed by atoms with Crippen LogP contribution in [0.25, 0.3) is 0 Å². The van der Waals surface area contributed by atoms with Gasteiger partial charge in [0.2, 0.25) is 5.91 Å². The Morgan fingerprint density at radius 1 is 1.06 bits per heavy atom. The summed E-state index contributed by atoms with van der Waals surface area (Å²) in [5.74, 6) is -1.36. The second kappa shape index (κ2) is 10.8. The molecule has 0 aliphatic heterocycles. The predicted molar refractivity (Wildman–Crippen MR) is 126 cm³/mol. The molecule has 0 aliphatic rings. The molecule has 4 nitrogen and oxygen atoms in total.